The van der Waals surface area contributed by atoms with Crippen molar-refractivity contribution in [2.75, 3.05) is 27.3 Å². The van der Waals surface area contributed by atoms with Crippen LogP contribution in [-0.4, -0.2) is 43.4 Å². The summed E-state index contributed by atoms with van der Waals surface area (Å²) in [5, 5.41) is 10.5. The highest BCUT2D eigenvalue weighted by molar-refractivity contribution is 9.10. The molecule has 0 fully saturated rings. The van der Waals surface area contributed by atoms with Gasteiger partial charge in [-0.25, -0.2) is 0 Å². The van der Waals surface area contributed by atoms with Gasteiger partial charge in [-0.2, -0.15) is 0 Å². The van der Waals surface area contributed by atoms with Gasteiger partial charge in [-0.05, 0) is 55.6 Å². The molecule has 0 aliphatic heterocycles. The fourth-order valence-corrected chi connectivity index (χ4v) is 4.16. The molecule has 2 atom stereocenters. The lowest BCUT2D eigenvalue weighted by atomic mass is 9.89. The molecule has 0 amide bonds. The van der Waals surface area contributed by atoms with Crippen molar-refractivity contribution in [2.24, 2.45) is 0 Å². The van der Waals surface area contributed by atoms with E-state index in [1.807, 2.05) is 19.2 Å². The second-order valence-electron chi connectivity index (χ2n) is 7.22. The van der Waals surface area contributed by atoms with Crippen molar-refractivity contribution >= 4 is 15.9 Å². The SMILES string of the molecule is COc1ccc(Br)cc1CN(C)C[C@@H](O)CO[C@H]1CCCc2ccccc21. The van der Waals surface area contributed by atoms with E-state index in [1.54, 1.807) is 7.11 Å². The first kappa shape index (κ1) is 20.3. The largest absolute Gasteiger partial charge is 0.496 e. The number of nitrogens with zero attached hydrogens (tertiary/aromatic N) is 1. The highest BCUT2D eigenvalue weighted by atomic mass is 79.9. The van der Waals surface area contributed by atoms with E-state index in [1.165, 1.54) is 11.1 Å². The minimum Gasteiger partial charge on any atom is -0.496 e. The Bertz CT molecular complexity index is 752. The molecule has 3 rings (SSSR count). The molecule has 0 heterocycles. The van der Waals surface area contributed by atoms with E-state index in [4.69, 9.17) is 9.47 Å². The van der Waals surface area contributed by atoms with Gasteiger partial charge < -0.3 is 14.6 Å². The third-order valence-corrected chi connectivity index (χ3v) is 5.50. The Morgan fingerprint density at radius 1 is 1.26 bits per heavy atom. The highest BCUT2D eigenvalue weighted by Crippen LogP contribution is 2.32. The van der Waals surface area contributed by atoms with E-state index in [2.05, 4.69) is 51.2 Å². The van der Waals surface area contributed by atoms with Gasteiger partial charge >= 0.3 is 0 Å². The van der Waals surface area contributed by atoms with Gasteiger partial charge in [-0.3, -0.25) is 4.90 Å². The van der Waals surface area contributed by atoms with Gasteiger partial charge in [0.15, 0.2) is 0 Å². The number of halogens is 1. The third kappa shape index (κ3) is 5.55. The number of aliphatic hydroxyl groups is 1. The molecule has 27 heavy (non-hydrogen) atoms. The van der Waals surface area contributed by atoms with Gasteiger partial charge in [0.25, 0.3) is 0 Å². The molecule has 146 valence electrons. The Hall–Kier alpha value is -1.40. The Morgan fingerprint density at radius 2 is 2.07 bits per heavy atom. The monoisotopic (exact) mass is 433 g/mol. The standard InChI is InChI=1S/C22H28BrNO3/c1-24(13-17-12-18(23)10-11-21(17)26-2)14-19(25)15-27-22-9-5-7-16-6-3-4-8-20(16)22/h3-4,6,8,10-12,19,22,25H,5,7,9,13-15H2,1-2H3/t19-,22+/m1/s1. The molecule has 5 heteroatoms. The number of benzene rings is 2. The molecule has 1 aliphatic rings. The van der Waals surface area contributed by atoms with Crippen molar-refractivity contribution in [3.8, 4) is 5.75 Å². The van der Waals surface area contributed by atoms with Crippen LogP contribution < -0.4 is 4.74 Å². The fourth-order valence-electron chi connectivity index (χ4n) is 3.75. The van der Waals surface area contributed by atoms with Crippen molar-refractivity contribution in [3.05, 3.63) is 63.6 Å². The Morgan fingerprint density at radius 3 is 2.89 bits per heavy atom. The summed E-state index contributed by atoms with van der Waals surface area (Å²) in [5.74, 6) is 0.856. The number of methoxy groups -OCH3 is 1. The zero-order valence-corrected chi connectivity index (χ0v) is 17.6. The lowest BCUT2D eigenvalue weighted by Crippen LogP contribution is -2.32. The molecule has 0 aromatic heterocycles. The number of aliphatic hydroxyl groups excluding tert-OH is 1. The first-order valence-corrected chi connectivity index (χ1v) is 10.2. The molecule has 0 saturated carbocycles. The maximum absolute atomic E-state index is 10.5. The smallest absolute Gasteiger partial charge is 0.123 e. The quantitative estimate of drug-likeness (QED) is 0.671. The molecule has 0 radical (unpaired) electrons. The van der Waals surface area contributed by atoms with E-state index in [0.717, 1.165) is 35.0 Å². The lowest BCUT2D eigenvalue weighted by Gasteiger charge is -2.27. The molecule has 0 unspecified atom stereocenters. The summed E-state index contributed by atoms with van der Waals surface area (Å²) in [6.07, 6.45) is 2.85. The Balaban J connectivity index is 1.51. The average molecular weight is 434 g/mol. The van der Waals surface area contributed by atoms with Gasteiger partial charge in [0.1, 0.15) is 5.75 Å². The molecular formula is C22H28BrNO3. The van der Waals surface area contributed by atoms with Crippen molar-refractivity contribution in [1.82, 2.24) is 4.90 Å². The van der Waals surface area contributed by atoms with Crippen molar-refractivity contribution in [2.45, 2.75) is 38.0 Å². The Labute approximate surface area is 170 Å². The molecule has 4 nitrogen and oxygen atoms in total. The molecule has 0 saturated heterocycles. The summed E-state index contributed by atoms with van der Waals surface area (Å²) < 4.78 is 12.5. The number of aryl methyl sites for hydroxylation is 1. The maximum atomic E-state index is 10.5. The molecule has 0 bridgehead atoms. The third-order valence-electron chi connectivity index (χ3n) is 5.01. The van der Waals surface area contributed by atoms with Gasteiger partial charge in [0.2, 0.25) is 0 Å². The minimum atomic E-state index is -0.526. The summed E-state index contributed by atoms with van der Waals surface area (Å²) in [6.45, 7) is 1.59. The summed E-state index contributed by atoms with van der Waals surface area (Å²) in [7, 11) is 3.68. The van der Waals surface area contributed by atoms with Crippen LogP contribution in [0.15, 0.2) is 46.9 Å². The van der Waals surface area contributed by atoms with E-state index in [0.29, 0.717) is 19.7 Å². The van der Waals surface area contributed by atoms with Crippen molar-refractivity contribution in [1.29, 1.82) is 0 Å². The van der Waals surface area contributed by atoms with Gasteiger partial charge in [0, 0.05) is 23.1 Å². The van der Waals surface area contributed by atoms with Crippen LogP contribution in [0.2, 0.25) is 0 Å². The van der Waals surface area contributed by atoms with Crippen LogP contribution in [0.5, 0.6) is 5.75 Å². The summed E-state index contributed by atoms with van der Waals surface area (Å²) in [6, 6.07) is 14.5. The molecule has 1 N–H and O–H groups in total. The Kier molecular flexibility index (Phi) is 7.30. The highest BCUT2D eigenvalue weighted by Gasteiger charge is 2.21. The van der Waals surface area contributed by atoms with Crippen molar-refractivity contribution < 1.29 is 14.6 Å². The van der Waals surface area contributed by atoms with E-state index < -0.39 is 6.10 Å². The van der Waals surface area contributed by atoms with E-state index >= 15 is 0 Å². The maximum Gasteiger partial charge on any atom is 0.123 e. The first-order chi connectivity index (χ1) is 13.1. The number of likely N-dealkylation sites (N-methyl/N-ethyl adjacent to an activating group) is 1. The van der Waals surface area contributed by atoms with Crippen LogP contribution in [-0.2, 0) is 17.7 Å². The normalized spacial score (nSPS) is 17.6. The van der Waals surface area contributed by atoms with Gasteiger partial charge in [-0.15, -0.1) is 0 Å². The van der Waals surface area contributed by atoms with Crippen LogP contribution in [0.25, 0.3) is 0 Å². The number of fused-ring (bicyclic) bond motifs is 1. The van der Waals surface area contributed by atoms with E-state index in [-0.39, 0.29) is 6.10 Å². The number of rotatable bonds is 8. The molecule has 0 spiro atoms. The van der Waals surface area contributed by atoms with Crippen LogP contribution in [0.4, 0.5) is 0 Å². The van der Waals surface area contributed by atoms with Gasteiger partial charge in [0.05, 0.1) is 25.9 Å². The van der Waals surface area contributed by atoms with Gasteiger partial charge in [-0.1, -0.05) is 40.2 Å². The molecule has 2 aromatic rings. The predicted octanol–water partition coefficient (Wildman–Crippen LogP) is 4.34. The van der Waals surface area contributed by atoms with Crippen LogP contribution >= 0.6 is 15.9 Å². The minimum absolute atomic E-state index is 0.0973. The zero-order valence-electron chi connectivity index (χ0n) is 16.0. The molecule has 1 aliphatic carbocycles. The second-order valence-corrected chi connectivity index (χ2v) is 8.14. The summed E-state index contributed by atoms with van der Waals surface area (Å²) in [4.78, 5) is 2.09. The summed E-state index contributed by atoms with van der Waals surface area (Å²) >= 11 is 3.51. The molecular weight excluding hydrogens is 406 g/mol. The van der Waals surface area contributed by atoms with Crippen LogP contribution in [0, 0.1) is 0 Å². The zero-order chi connectivity index (χ0) is 19.2. The predicted molar refractivity (Wildman–Crippen MR) is 111 cm³/mol. The lowest BCUT2D eigenvalue weighted by molar-refractivity contribution is -0.0266. The van der Waals surface area contributed by atoms with E-state index in [9.17, 15) is 5.11 Å². The van der Waals surface area contributed by atoms with Crippen LogP contribution in [0.3, 0.4) is 0 Å². The number of ether oxygens (including phenoxy) is 2. The second kappa shape index (κ2) is 9.69. The fraction of sp³-hybridized carbons (Fsp3) is 0.455. The van der Waals surface area contributed by atoms with Crippen LogP contribution in [0.1, 0.15) is 35.6 Å². The first-order valence-electron chi connectivity index (χ1n) is 9.45. The van der Waals surface area contributed by atoms with Crippen molar-refractivity contribution in [3.63, 3.8) is 0 Å². The molecule has 2 aromatic carbocycles. The number of hydrogen-bond donors (Lipinski definition) is 1. The average Bonchev–Trinajstić information content (AvgIpc) is 2.66. The number of hydrogen-bond acceptors (Lipinski definition) is 4. The summed E-state index contributed by atoms with van der Waals surface area (Å²) in [5.41, 5.74) is 3.74. The topological polar surface area (TPSA) is 41.9 Å².